The van der Waals surface area contributed by atoms with Crippen LogP contribution in [0.4, 0.5) is 11.4 Å². The van der Waals surface area contributed by atoms with Gasteiger partial charge in [-0.3, -0.25) is 0 Å². The first-order chi connectivity index (χ1) is 7.83. The average molecular weight is 217 g/mol. The molecule has 4 heteroatoms. The number of nitrogens with two attached hydrogens (primary N) is 1. The summed E-state index contributed by atoms with van der Waals surface area (Å²) >= 11 is 0. The number of nitrogens with zero attached hydrogens (tertiary/aromatic N) is 2. The van der Waals surface area contributed by atoms with Crippen LogP contribution in [-0.2, 0) is 4.74 Å². The number of para-hydroxylation sites is 1. The number of ether oxygens (including phenoxy) is 1. The van der Waals surface area contributed by atoms with Crippen molar-refractivity contribution in [3.05, 3.63) is 23.8 Å². The molecule has 0 bridgehead atoms. The van der Waals surface area contributed by atoms with E-state index in [1.807, 2.05) is 12.1 Å². The van der Waals surface area contributed by atoms with E-state index in [1.165, 1.54) is 0 Å². The minimum absolute atomic E-state index is 0.544. The fraction of sp³-hybridized carbons (Fsp3) is 0.417. The van der Waals surface area contributed by atoms with Crippen LogP contribution in [0, 0.1) is 11.3 Å². The summed E-state index contributed by atoms with van der Waals surface area (Å²) in [6.45, 7) is 3.28. The minimum atomic E-state index is 0.544. The summed E-state index contributed by atoms with van der Waals surface area (Å²) in [5.41, 5.74) is 8.04. The van der Waals surface area contributed by atoms with Crippen LogP contribution in [0.2, 0.25) is 0 Å². The van der Waals surface area contributed by atoms with E-state index in [9.17, 15) is 0 Å². The molecule has 0 atom stereocenters. The van der Waals surface area contributed by atoms with Crippen molar-refractivity contribution in [3.8, 4) is 6.07 Å². The molecule has 0 aliphatic carbocycles. The first-order valence-electron chi connectivity index (χ1n) is 5.44. The quantitative estimate of drug-likeness (QED) is 0.722. The summed E-state index contributed by atoms with van der Waals surface area (Å²) in [4.78, 5) is 2.18. The molecule has 0 aromatic heterocycles. The van der Waals surface area contributed by atoms with Gasteiger partial charge in [0, 0.05) is 19.7 Å². The molecule has 0 radical (unpaired) electrons. The van der Waals surface area contributed by atoms with Crippen molar-refractivity contribution in [1.29, 1.82) is 5.26 Å². The summed E-state index contributed by atoms with van der Waals surface area (Å²) in [6.07, 6.45) is 0.996. The van der Waals surface area contributed by atoms with Gasteiger partial charge < -0.3 is 15.4 Å². The zero-order chi connectivity index (χ0) is 11.4. The van der Waals surface area contributed by atoms with Gasteiger partial charge in [-0.15, -0.1) is 0 Å². The van der Waals surface area contributed by atoms with Crippen molar-refractivity contribution in [2.45, 2.75) is 6.42 Å². The highest BCUT2D eigenvalue weighted by atomic mass is 16.5. The van der Waals surface area contributed by atoms with Gasteiger partial charge in [0.1, 0.15) is 6.07 Å². The Balaban J connectivity index is 2.28. The number of rotatable bonds is 1. The van der Waals surface area contributed by atoms with Gasteiger partial charge in [0.25, 0.3) is 0 Å². The van der Waals surface area contributed by atoms with Crippen LogP contribution < -0.4 is 10.6 Å². The number of benzene rings is 1. The Morgan fingerprint density at radius 2 is 2.19 bits per heavy atom. The van der Waals surface area contributed by atoms with Crippen LogP contribution >= 0.6 is 0 Å². The lowest BCUT2D eigenvalue weighted by Crippen LogP contribution is -2.26. The maximum atomic E-state index is 8.92. The third-order valence-electron chi connectivity index (χ3n) is 2.77. The zero-order valence-corrected chi connectivity index (χ0v) is 9.15. The Hall–Kier alpha value is -1.73. The smallest absolute Gasteiger partial charge is 0.101 e. The van der Waals surface area contributed by atoms with Crippen LogP contribution in [0.25, 0.3) is 0 Å². The zero-order valence-electron chi connectivity index (χ0n) is 9.15. The Bertz CT molecular complexity index is 403. The molecular formula is C12H15N3O. The summed E-state index contributed by atoms with van der Waals surface area (Å²) < 4.78 is 5.40. The third kappa shape index (κ3) is 2.10. The van der Waals surface area contributed by atoms with Crippen molar-refractivity contribution in [2.75, 3.05) is 36.9 Å². The first kappa shape index (κ1) is 10.8. The summed E-state index contributed by atoms with van der Waals surface area (Å²) in [5.74, 6) is 0. The highest BCUT2D eigenvalue weighted by Crippen LogP contribution is 2.26. The lowest BCUT2D eigenvalue weighted by molar-refractivity contribution is 0.152. The van der Waals surface area contributed by atoms with E-state index in [2.05, 4.69) is 11.0 Å². The number of hydrogen-bond acceptors (Lipinski definition) is 4. The molecule has 1 saturated heterocycles. The maximum absolute atomic E-state index is 8.92. The fourth-order valence-corrected chi connectivity index (χ4v) is 1.91. The summed E-state index contributed by atoms with van der Waals surface area (Å²) in [7, 11) is 0. The number of hydrogen-bond donors (Lipinski definition) is 1. The SMILES string of the molecule is N#Cc1cccc(N2CCCOCC2)c1N. The molecule has 1 aromatic rings. The van der Waals surface area contributed by atoms with Crippen LogP contribution in [0.5, 0.6) is 0 Å². The molecule has 0 saturated carbocycles. The number of anilines is 2. The molecule has 1 aliphatic rings. The number of nitrogen functional groups attached to an aromatic ring is 1. The number of nitriles is 1. The molecule has 0 spiro atoms. The molecule has 1 heterocycles. The second kappa shape index (κ2) is 4.86. The monoisotopic (exact) mass is 217 g/mol. The Morgan fingerprint density at radius 3 is 3.00 bits per heavy atom. The summed E-state index contributed by atoms with van der Waals surface area (Å²) in [6, 6.07) is 7.68. The van der Waals surface area contributed by atoms with Gasteiger partial charge in [-0.1, -0.05) is 6.07 Å². The van der Waals surface area contributed by atoms with Gasteiger partial charge in [-0.25, -0.2) is 0 Å². The van der Waals surface area contributed by atoms with E-state index in [-0.39, 0.29) is 0 Å². The molecular weight excluding hydrogens is 202 g/mol. The third-order valence-corrected chi connectivity index (χ3v) is 2.77. The maximum Gasteiger partial charge on any atom is 0.101 e. The van der Waals surface area contributed by atoms with Gasteiger partial charge in [-0.2, -0.15) is 5.26 Å². The largest absolute Gasteiger partial charge is 0.396 e. The van der Waals surface area contributed by atoms with Crippen LogP contribution in [0.1, 0.15) is 12.0 Å². The Kier molecular flexibility index (Phi) is 3.28. The average Bonchev–Trinajstić information content (AvgIpc) is 2.58. The normalized spacial score (nSPS) is 16.6. The van der Waals surface area contributed by atoms with Crippen molar-refractivity contribution in [1.82, 2.24) is 0 Å². The van der Waals surface area contributed by atoms with Crippen molar-refractivity contribution >= 4 is 11.4 Å². The predicted molar refractivity (Wildman–Crippen MR) is 63.2 cm³/mol. The highest BCUT2D eigenvalue weighted by Gasteiger charge is 2.14. The highest BCUT2D eigenvalue weighted by molar-refractivity contribution is 5.73. The van der Waals surface area contributed by atoms with Gasteiger partial charge >= 0.3 is 0 Å². The van der Waals surface area contributed by atoms with Crippen molar-refractivity contribution in [2.24, 2.45) is 0 Å². The molecule has 0 unspecified atom stereocenters. The lowest BCUT2D eigenvalue weighted by Gasteiger charge is -2.23. The second-order valence-corrected chi connectivity index (χ2v) is 3.80. The van der Waals surface area contributed by atoms with E-state index in [4.69, 9.17) is 15.7 Å². The molecule has 4 nitrogen and oxygen atoms in total. The van der Waals surface area contributed by atoms with Gasteiger partial charge in [0.15, 0.2) is 0 Å². The second-order valence-electron chi connectivity index (χ2n) is 3.80. The minimum Gasteiger partial charge on any atom is -0.396 e. The molecule has 1 aliphatic heterocycles. The Morgan fingerprint density at radius 1 is 1.31 bits per heavy atom. The Labute approximate surface area is 95.2 Å². The molecule has 84 valence electrons. The summed E-state index contributed by atoms with van der Waals surface area (Å²) in [5, 5.41) is 8.92. The van der Waals surface area contributed by atoms with E-state index < -0.39 is 0 Å². The van der Waals surface area contributed by atoms with Gasteiger partial charge in [0.2, 0.25) is 0 Å². The standard InChI is InChI=1S/C12H15N3O/c13-9-10-3-1-4-11(12(10)14)15-5-2-7-16-8-6-15/h1,3-4H,2,5-8,14H2. The van der Waals surface area contributed by atoms with E-state index in [1.54, 1.807) is 6.07 Å². The fourth-order valence-electron chi connectivity index (χ4n) is 1.91. The van der Waals surface area contributed by atoms with Crippen molar-refractivity contribution < 1.29 is 4.74 Å². The van der Waals surface area contributed by atoms with Gasteiger partial charge in [0.05, 0.1) is 23.5 Å². The molecule has 1 aromatic carbocycles. The molecule has 2 N–H and O–H groups in total. The van der Waals surface area contributed by atoms with Crippen LogP contribution in [-0.4, -0.2) is 26.3 Å². The molecule has 2 rings (SSSR count). The first-order valence-corrected chi connectivity index (χ1v) is 5.44. The predicted octanol–water partition coefficient (Wildman–Crippen LogP) is 1.37. The van der Waals surface area contributed by atoms with E-state index in [0.717, 1.165) is 38.4 Å². The van der Waals surface area contributed by atoms with Gasteiger partial charge in [-0.05, 0) is 18.6 Å². The van der Waals surface area contributed by atoms with Crippen LogP contribution in [0.3, 0.4) is 0 Å². The van der Waals surface area contributed by atoms with E-state index in [0.29, 0.717) is 11.3 Å². The van der Waals surface area contributed by atoms with Crippen LogP contribution in [0.15, 0.2) is 18.2 Å². The molecule has 16 heavy (non-hydrogen) atoms. The lowest BCUT2D eigenvalue weighted by atomic mass is 10.1. The van der Waals surface area contributed by atoms with Crippen molar-refractivity contribution in [3.63, 3.8) is 0 Å². The topological polar surface area (TPSA) is 62.3 Å². The molecule has 1 fully saturated rings. The van der Waals surface area contributed by atoms with E-state index >= 15 is 0 Å². The molecule has 0 amide bonds.